The van der Waals surface area contributed by atoms with Gasteiger partial charge in [0.15, 0.2) is 0 Å². The van der Waals surface area contributed by atoms with Crippen LogP contribution in [0.3, 0.4) is 0 Å². The van der Waals surface area contributed by atoms with Crippen LogP contribution in [-0.4, -0.2) is 13.5 Å². The number of phenols is 1. The van der Waals surface area contributed by atoms with Crippen molar-refractivity contribution in [3.63, 3.8) is 0 Å². The minimum absolute atomic E-state index is 0.0856. The number of azo groups is 1. The average Bonchev–Trinajstić information content (AvgIpc) is 2.37. The predicted molar refractivity (Wildman–Crippen MR) is 70.1 cm³/mol. The first-order valence-corrected chi connectivity index (χ1v) is 6.84. The Kier molecular flexibility index (Phi) is 3.59. The van der Waals surface area contributed by atoms with Gasteiger partial charge in [-0.25, -0.2) is 13.6 Å². The van der Waals surface area contributed by atoms with E-state index in [1.54, 1.807) is 24.3 Å². The molecule has 0 spiro atoms. The van der Waals surface area contributed by atoms with Gasteiger partial charge in [0.05, 0.1) is 5.69 Å². The Balaban J connectivity index is 2.36. The molecule has 0 aliphatic rings. The smallest absolute Gasteiger partial charge is 0.240 e. The lowest BCUT2D eigenvalue weighted by atomic mass is 10.3. The number of nitrogens with two attached hydrogens (primary N) is 1. The van der Waals surface area contributed by atoms with Gasteiger partial charge in [-0.3, -0.25) is 0 Å². The van der Waals surface area contributed by atoms with Crippen molar-refractivity contribution in [2.75, 3.05) is 0 Å². The van der Waals surface area contributed by atoms with E-state index < -0.39 is 10.0 Å². The van der Waals surface area contributed by atoms with E-state index in [4.69, 9.17) is 10.2 Å². The fourth-order valence-electron chi connectivity index (χ4n) is 1.41. The van der Waals surface area contributed by atoms with Crippen LogP contribution in [0.1, 0.15) is 0 Å². The molecule has 0 saturated carbocycles. The van der Waals surface area contributed by atoms with Gasteiger partial charge in [-0.2, -0.15) is 5.11 Å². The summed E-state index contributed by atoms with van der Waals surface area (Å²) in [6.45, 7) is 0. The molecule has 19 heavy (non-hydrogen) atoms. The largest absolute Gasteiger partial charge is 0.508 e. The Morgan fingerprint density at radius 3 is 2.21 bits per heavy atom. The summed E-state index contributed by atoms with van der Waals surface area (Å²) in [4.78, 5) is -0.0856. The summed E-state index contributed by atoms with van der Waals surface area (Å²) in [7, 11) is -3.84. The zero-order valence-corrected chi connectivity index (χ0v) is 10.6. The first kappa shape index (κ1) is 13.2. The highest BCUT2D eigenvalue weighted by Crippen LogP contribution is 2.25. The lowest BCUT2D eigenvalue weighted by Gasteiger charge is -2.01. The van der Waals surface area contributed by atoms with E-state index in [1.165, 1.54) is 24.3 Å². The van der Waals surface area contributed by atoms with Crippen molar-refractivity contribution in [2.24, 2.45) is 15.4 Å². The molecule has 0 atom stereocenters. The molecule has 6 nitrogen and oxygen atoms in total. The first-order chi connectivity index (χ1) is 8.97. The maximum atomic E-state index is 11.4. The normalized spacial score (nSPS) is 11.8. The van der Waals surface area contributed by atoms with Gasteiger partial charge >= 0.3 is 0 Å². The SMILES string of the molecule is NS(=O)(=O)c1ccccc1N=Nc1ccc(O)cc1. The van der Waals surface area contributed by atoms with Crippen LogP contribution >= 0.6 is 0 Å². The molecule has 0 aromatic heterocycles. The fraction of sp³-hybridized carbons (Fsp3) is 0. The van der Waals surface area contributed by atoms with Crippen molar-refractivity contribution in [3.05, 3.63) is 48.5 Å². The molecule has 0 unspecified atom stereocenters. The number of hydrogen-bond acceptors (Lipinski definition) is 5. The number of rotatable bonds is 3. The highest BCUT2D eigenvalue weighted by Gasteiger charge is 2.12. The average molecular weight is 277 g/mol. The third-order valence-corrected chi connectivity index (χ3v) is 3.25. The monoisotopic (exact) mass is 277 g/mol. The topological polar surface area (TPSA) is 105 Å². The first-order valence-electron chi connectivity index (χ1n) is 5.29. The van der Waals surface area contributed by atoms with Gasteiger partial charge in [0.25, 0.3) is 0 Å². The van der Waals surface area contributed by atoms with Crippen LogP contribution in [0.5, 0.6) is 5.75 Å². The summed E-state index contributed by atoms with van der Waals surface area (Å²) in [5.41, 5.74) is 0.653. The number of nitrogens with zero attached hydrogens (tertiary/aromatic N) is 2. The molecular formula is C12H11N3O3S. The number of aromatic hydroxyl groups is 1. The number of primary sulfonamides is 1. The lowest BCUT2D eigenvalue weighted by molar-refractivity contribution is 0.475. The lowest BCUT2D eigenvalue weighted by Crippen LogP contribution is -2.12. The summed E-state index contributed by atoms with van der Waals surface area (Å²) < 4.78 is 22.7. The molecule has 7 heteroatoms. The molecule has 2 aromatic rings. The molecule has 0 radical (unpaired) electrons. The summed E-state index contributed by atoms with van der Waals surface area (Å²) in [5.74, 6) is 0.115. The van der Waals surface area contributed by atoms with Gasteiger partial charge in [0.2, 0.25) is 10.0 Å². The fourth-order valence-corrected chi connectivity index (χ4v) is 2.08. The molecule has 0 saturated heterocycles. The molecule has 98 valence electrons. The quantitative estimate of drug-likeness (QED) is 0.841. The Morgan fingerprint density at radius 2 is 1.58 bits per heavy atom. The minimum atomic E-state index is -3.84. The Hall–Kier alpha value is -2.25. The number of sulfonamides is 1. The number of phenolic OH excluding ortho intramolecular Hbond substituents is 1. The molecule has 2 aromatic carbocycles. The minimum Gasteiger partial charge on any atom is -0.508 e. The van der Waals surface area contributed by atoms with Crippen LogP contribution in [0.15, 0.2) is 63.7 Å². The van der Waals surface area contributed by atoms with Crippen molar-refractivity contribution < 1.29 is 13.5 Å². The van der Waals surface area contributed by atoms with Crippen molar-refractivity contribution in [1.29, 1.82) is 0 Å². The van der Waals surface area contributed by atoms with E-state index in [0.29, 0.717) is 5.69 Å². The second-order valence-corrected chi connectivity index (χ2v) is 5.26. The zero-order valence-electron chi connectivity index (χ0n) is 9.76. The third kappa shape index (κ3) is 3.36. The van der Waals surface area contributed by atoms with E-state index in [2.05, 4.69) is 10.2 Å². The van der Waals surface area contributed by atoms with Crippen molar-refractivity contribution >= 4 is 21.4 Å². The van der Waals surface area contributed by atoms with Crippen LogP contribution in [0, 0.1) is 0 Å². The van der Waals surface area contributed by atoms with Crippen LogP contribution in [0.25, 0.3) is 0 Å². The molecular weight excluding hydrogens is 266 g/mol. The maximum Gasteiger partial charge on any atom is 0.240 e. The molecule has 0 aliphatic heterocycles. The van der Waals surface area contributed by atoms with Crippen LogP contribution in [0.2, 0.25) is 0 Å². The number of hydrogen-bond donors (Lipinski definition) is 2. The molecule has 0 amide bonds. The van der Waals surface area contributed by atoms with Crippen LogP contribution in [0.4, 0.5) is 11.4 Å². The highest BCUT2D eigenvalue weighted by molar-refractivity contribution is 7.89. The van der Waals surface area contributed by atoms with Gasteiger partial charge < -0.3 is 5.11 Å². The highest BCUT2D eigenvalue weighted by atomic mass is 32.2. The molecule has 0 heterocycles. The molecule has 0 aliphatic carbocycles. The predicted octanol–water partition coefficient (Wildman–Crippen LogP) is 2.46. The summed E-state index contributed by atoms with van der Waals surface area (Å²) in [6, 6.07) is 12.1. The third-order valence-electron chi connectivity index (χ3n) is 2.29. The van der Waals surface area contributed by atoms with E-state index in [1.807, 2.05) is 0 Å². The van der Waals surface area contributed by atoms with Gasteiger partial charge in [-0.15, -0.1) is 5.11 Å². The van der Waals surface area contributed by atoms with E-state index in [0.717, 1.165) is 0 Å². The number of benzene rings is 2. The van der Waals surface area contributed by atoms with Crippen LogP contribution in [-0.2, 0) is 10.0 Å². The molecule has 2 rings (SSSR count). The van der Waals surface area contributed by atoms with Gasteiger partial charge in [0.1, 0.15) is 16.3 Å². The van der Waals surface area contributed by atoms with Gasteiger partial charge in [0, 0.05) is 0 Å². The second-order valence-electron chi connectivity index (χ2n) is 3.73. The summed E-state index contributed by atoms with van der Waals surface area (Å²) >= 11 is 0. The van der Waals surface area contributed by atoms with E-state index in [9.17, 15) is 8.42 Å². The second kappa shape index (κ2) is 5.17. The van der Waals surface area contributed by atoms with Gasteiger partial charge in [-0.05, 0) is 36.4 Å². The Labute approximate surface area is 110 Å². The van der Waals surface area contributed by atoms with Crippen molar-refractivity contribution in [2.45, 2.75) is 4.90 Å². The molecule has 0 fully saturated rings. The molecule has 3 N–H and O–H groups in total. The van der Waals surface area contributed by atoms with Crippen molar-refractivity contribution in [1.82, 2.24) is 0 Å². The van der Waals surface area contributed by atoms with E-state index >= 15 is 0 Å². The standard InChI is InChI=1S/C12H11N3O3S/c13-19(17,18)12-4-2-1-3-11(12)15-14-9-5-7-10(16)8-6-9/h1-8,16H,(H2,13,17,18). The Bertz CT molecular complexity index is 709. The molecule has 0 bridgehead atoms. The van der Waals surface area contributed by atoms with Crippen molar-refractivity contribution in [3.8, 4) is 5.75 Å². The maximum absolute atomic E-state index is 11.4. The van der Waals surface area contributed by atoms with Gasteiger partial charge in [-0.1, -0.05) is 12.1 Å². The summed E-state index contributed by atoms with van der Waals surface area (Å²) in [6.07, 6.45) is 0. The zero-order chi connectivity index (χ0) is 13.9. The summed E-state index contributed by atoms with van der Waals surface area (Å²) in [5, 5.41) is 22.0. The Morgan fingerprint density at radius 1 is 0.947 bits per heavy atom. The van der Waals surface area contributed by atoms with Crippen LogP contribution < -0.4 is 5.14 Å². The van der Waals surface area contributed by atoms with E-state index in [-0.39, 0.29) is 16.3 Å².